The van der Waals surface area contributed by atoms with Gasteiger partial charge in [-0.2, -0.15) is 0 Å². The molecule has 1 aliphatic rings. The van der Waals surface area contributed by atoms with Gasteiger partial charge in [0.1, 0.15) is 0 Å². The second-order valence-corrected chi connectivity index (χ2v) is 3.84. The van der Waals surface area contributed by atoms with E-state index in [2.05, 4.69) is 5.32 Å². The van der Waals surface area contributed by atoms with Gasteiger partial charge < -0.3 is 11.1 Å². The fourth-order valence-electron chi connectivity index (χ4n) is 1.89. The molecule has 1 aliphatic heterocycles. The van der Waals surface area contributed by atoms with E-state index in [4.69, 9.17) is 17.3 Å². The van der Waals surface area contributed by atoms with Gasteiger partial charge in [0, 0.05) is 23.2 Å². The molecule has 1 atom stereocenters. The second-order valence-electron chi connectivity index (χ2n) is 3.43. The topological polar surface area (TPSA) is 38.0 Å². The molecule has 0 aromatic heterocycles. The Morgan fingerprint density at radius 2 is 2.31 bits per heavy atom. The Hall–Kier alpha value is -0.730. The van der Waals surface area contributed by atoms with E-state index in [0.29, 0.717) is 5.92 Å². The van der Waals surface area contributed by atoms with Crippen LogP contribution in [0, 0.1) is 0 Å². The predicted molar refractivity (Wildman–Crippen MR) is 56.1 cm³/mol. The molecule has 0 bridgehead atoms. The van der Waals surface area contributed by atoms with Gasteiger partial charge in [-0.15, -0.1) is 0 Å². The SMILES string of the molecule is Nc1cccc(Cl)c1C1CCNC1. The quantitative estimate of drug-likeness (QED) is 0.675. The Bertz CT molecular complexity index is 286. The average molecular weight is 197 g/mol. The molecule has 0 saturated carbocycles. The standard InChI is InChI=1S/C10H13ClN2/c11-8-2-1-3-9(12)10(8)7-4-5-13-6-7/h1-3,7,13H,4-6,12H2. The average Bonchev–Trinajstić information content (AvgIpc) is 2.57. The van der Waals surface area contributed by atoms with Crippen LogP contribution in [0.15, 0.2) is 18.2 Å². The van der Waals surface area contributed by atoms with Crippen LogP contribution in [0.3, 0.4) is 0 Å². The molecule has 0 amide bonds. The third kappa shape index (κ3) is 1.64. The zero-order valence-electron chi connectivity index (χ0n) is 7.39. The maximum atomic E-state index is 6.10. The summed E-state index contributed by atoms with van der Waals surface area (Å²) in [6.45, 7) is 2.06. The molecule has 1 heterocycles. The number of halogens is 1. The van der Waals surface area contributed by atoms with Crippen molar-refractivity contribution in [1.82, 2.24) is 5.32 Å². The number of benzene rings is 1. The van der Waals surface area contributed by atoms with Crippen LogP contribution < -0.4 is 11.1 Å². The van der Waals surface area contributed by atoms with E-state index in [9.17, 15) is 0 Å². The van der Waals surface area contributed by atoms with Crippen molar-refractivity contribution in [2.75, 3.05) is 18.8 Å². The third-order valence-electron chi connectivity index (χ3n) is 2.56. The van der Waals surface area contributed by atoms with Crippen LogP contribution in [0.5, 0.6) is 0 Å². The van der Waals surface area contributed by atoms with E-state index >= 15 is 0 Å². The minimum atomic E-state index is 0.494. The summed E-state index contributed by atoms with van der Waals surface area (Å²) in [6, 6.07) is 5.72. The molecule has 3 N–H and O–H groups in total. The van der Waals surface area contributed by atoms with E-state index in [0.717, 1.165) is 35.8 Å². The molecule has 0 radical (unpaired) electrons. The minimum absolute atomic E-state index is 0.494. The Balaban J connectivity index is 2.37. The normalized spacial score (nSPS) is 22.1. The van der Waals surface area contributed by atoms with Crippen LogP contribution in [0.25, 0.3) is 0 Å². The second kappa shape index (κ2) is 3.56. The predicted octanol–water partition coefficient (Wildman–Crippen LogP) is 2.00. The zero-order valence-corrected chi connectivity index (χ0v) is 8.14. The molecular weight excluding hydrogens is 184 g/mol. The molecule has 3 heteroatoms. The molecule has 2 nitrogen and oxygen atoms in total. The first-order valence-electron chi connectivity index (χ1n) is 4.53. The van der Waals surface area contributed by atoms with Gasteiger partial charge in [0.05, 0.1) is 0 Å². The number of nitrogen functional groups attached to an aromatic ring is 1. The first-order chi connectivity index (χ1) is 6.29. The van der Waals surface area contributed by atoms with Gasteiger partial charge in [0.15, 0.2) is 0 Å². The fourth-order valence-corrected chi connectivity index (χ4v) is 2.22. The van der Waals surface area contributed by atoms with E-state index in [-0.39, 0.29) is 0 Å². The van der Waals surface area contributed by atoms with Crippen molar-refractivity contribution in [3.8, 4) is 0 Å². The fraction of sp³-hybridized carbons (Fsp3) is 0.400. The first kappa shape index (κ1) is 8.85. The molecule has 1 aromatic carbocycles. The number of rotatable bonds is 1. The summed E-state index contributed by atoms with van der Waals surface area (Å²) in [4.78, 5) is 0. The molecule has 1 aromatic rings. The van der Waals surface area contributed by atoms with Crippen LogP contribution in [0.1, 0.15) is 17.9 Å². The summed E-state index contributed by atoms with van der Waals surface area (Å²) < 4.78 is 0. The van der Waals surface area contributed by atoms with Crippen LogP contribution in [-0.4, -0.2) is 13.1 Å². The first-order valence-corrected chi connectivity index (χ1v) is 4.91. The molecule has 70 valence electrons. The monoisotopic (exact) mass is 196 g/mol. The highest BCUT2D eigenvalue weighted by Gasteiger charge is 2.20. The Kier molecular flexibility index (Phi) is 2.42. The van der Waals surface area contributed by atoms with Gasteiger partial charge in [-0.3, -0.25) is 0 Å². The van der Waals surface area contributed by atoms with Crippen molar-refractivity contribution in [3.05, 3.63) is 28.8 Å². The number of hydrogen-bond donors (Lipinski definition) is 2. The van der Waals surface area contributed by atoms with Crippen molar-refractivity contribution in [2.24, 2.45) is 0 Å². The lowest BCUT2D eigenvalue weighted by molar-refractivity contribution is 0.766. The van der Waals surface area contributed by atoms with Gasteiger partial charge in [-0.25, -0.2) is 0 Å². The van der Waals surface area contributed by atoms with Crippen LogP contribution >= 0.6 is 11.6 Å². The van der Waals surface area contributed by atoms with Crippen molar-refractivity contribution in [2.45, 2.75) is 12.3 Å². The lowest BCUT2D eigenvalue weighted by Crippen LogP contribution is -2.09. The van der Waals surface area contributed by atoms with E-state index in [1.807, 2.05) is 18.2 Å². The van der Waals surface area contributed by atoms with Crippen molar-refractivity contribution >= 4 is 17.3 Å². The Labute approximate surface area is 83.1 Å². The van der Waals surface area contributed by atoms with Gasteiger partial charge >= 0.3 is 0 Å². The minimum Gasteiger partial charge on any atom is -0.398 e. The molecule has 0 spiro atoms. The van der Waals surface area contributed by atoms with Crippen molar-refractivity contribution < 1.29 is 0 Å². The number of hydrogen-bond acceptors (Lipinski definition) is 2. The lowest BCUT2D eigenvalue weighted by atomic mass is 9.97. The summed E-state index contributed by atoms with van der Waals surface area (Å²) in [6.07, 6.45) is 1.13. The zero-order chi connectivity index (χ0) is 9.26. The molecule has 2 rings (SSSR count). The van der Waals surface area contributed by atoms with Gasteiger partial charge in [-0.1, -0.05) is 17.7 Å². The summed E-state index contributed by atoms with van der Waals surface area (Å²) in [7, 11) is 0. The molecule has 1 fully saturated rings. The Morgan fingerprint density at radius 3 is 2.92 bits per heavy atom. The smallest absolute Gasteiger partial charge is 0.0461 e. The third-order valence-corrected chi connectivity index (χ3v) is 2.88. The van der Waals surface area contributed by atoms with E-state index in [1.54, 1.807) is 0 Å². The molecule has 0 aliphatic carbocycles. The van der Waals surface area contributed by atoms with Crippen LogP contribution in [0.4, 0.5) is 5.69 Å². The summed E-state index contributed by atoms with van der Waals surface area (Å²) >= 11 is 6.10. The number of anilines is 1. The Morgan fingerprint density at radius 1 is 1.46 bits per heavy atom. The highest BCUT2D eigenvalue weighted by Crippen LogP contribution is 2.33. The number of nitrogens with one attached hydrogen (secondary N) is 1. The van der Waals surface area contributed by atoms with Gasteiger partial charge in [0.2, 0.25) is 0 Å². The molecule has 13 heavy (non-hydrogen) atoms. The van der Waals surface area contributed by atoms with Crippen molar-refractivity contribution in [3.63, 3.8) is 0 Å². The lowest BCUT2D eigenvalue weighted by Gasteiger charge is -2.13. The maximum absolute atomic E-state index is 6.10. The highest BCUT2D eigenvalue weighted by molar-refractivity contribution is 6.31. The van der Waals surface area contributed by atoms with Crippen molar-refractivity contribution in [1.29, 1.82) is 0 Å². The number of nitrogens with two attached hydrogens (primary N) is 1. The van der Waals surface area contributed by atoms with E-state index in [1.165, 1.54) is 0 Å². The summed E-state index contributed by atoms with van der Waals surface area (Å²) in [5.74, 6) is 0.494. The van der Waals surface area contributed by atoms with Gasteiger partial charge in [0.25, 0.3) is 0 Å². The summed E-state index contributed by atoms with van der Waals surface area (Å²) in [5, 5.41) is 4.11. The van der Waals surface area contributed by atoms with Gasteiger partial charge in [-0.05, 0) is 30.7 Å². The molecular formula is C10H13ClN2. The highest BCUT2D eigenvalue weighted by atomic mass is 35.5. The van der Waals surface area contributed by atoms with Crippen LogP contribution in [-0.2, 0) is 0 Å². The largest absolute Gasteiger partial charge is 0.398 e. The molecule has 1 unspecified atom stereocenters. The van der Waals surface area contributed by atoms with Crippen LogP contribution in [0.2, 0.25) is 5.02 Å². The van der Waals surface area contributed by atoms with E-state index < -0.39 is 0 Å². The maximum Gasteiger partial charge on any atom is 0.0461 e. The molecule has 1 saturated heterocycles. The summed E-state index contributed by atoms with van der Waals surface area (Å²) in [5.41, 5.74) is 7.83.